The van der Waals surface area contributed by atoms with E-state index in [4.69, 9.17) is 4.74 Å². The number of ether oxygens (including phenoxy) is 1. The van der Waals surface area contributed by atoms with Crippen LogP contribution in [0, 0.1) is 5.92 Å². The second-order valence-electron chi connectivity index (χ2n) is 3.81. The molecule has 0 aliphatic heterocycles. The molecular formula is C13H21NO3. The molecule has 0 aromatic heterocycles. The minimum atomic E-state index is -0.427. The van der Waals surface area contributed by atoms with E-state index in [1.807, 2.05) is 26.0 Å². The summed E-state index contributed by atoms with van der Waals surface area (Å²) in [5.41, 5.74) is 0.585. The fourth-order valence-electron chi connectivity index (χ4n) is 1.44. The molecule has 0 radical (unpaired) electrons. The highest BCUT2D eigenvalue weighted by Gasteiger charge is 2.07. The Kier molecular flexibility index (Phi) is 7.76. The predicted octanol–water partition coefficient (Wildman–Crippen LogP) is 2.17. The summed E-state index contributed by atoms with van der Waals surface area (Å²) < 4.78 is 4.81. The van der Waals surface area contributed by atoms with Crippen molar-refractivity contribution in [2.24, 2.45) is 5.92 Å². The summed E-state index contributed by atoms with van der Waals surface area (Å²) in [7, 11) is 0. The first-order valence-corrected chi connectivity index (χ1v) is 5.77. The molecule has 4 heteroatoms. The Morgan fingerprint density at radius 2 is 2.06 bits per heavy atom. The van der Waals surface area contributed by atoms with E-state index in [1.165, 1.54) is 13.0 Å². The molecule has 17 heavy (non-hydrogen) atoms. The number of allylic oxidation sites excluding steroid dienone is 3. The van der Waals surface area contributed by atoms with Crippen LogP contribution >= 0.6 is 0 Å². The Balaban J connectivity index is 4.62. The van der Waals surface area contributed by atoms with Crippen molar-refractivity contribution >= 4 is 11.9 Å². The lowest BCUT2D eigenvalue weighted by Crippen LogP contribution is -2.21. The number of carbonyl (C=O) groups is 2. The van der Waals surface area contributed by atoms with Crippen molar-refractivity contribution in [3.8, 4) is 0 Å². The van der Waals surface area contributed by atoms with Gasteiger partial charge in [0, 0.05) is 18.7 Å². The number of hydrogen-bond donors (Lipinski definition) is 1. The van der Waals surface area contributed by atoms with Crippen LogP contribution in [0.15, 0.2) is 23.9 Å². The highest BCUT2D eigenvalue weighted by molar-refractivity contribution is 5.84. The smallest absolute Gasteiger partial charge is 0.332 e. The minimum absolute atomic E-state index is 0.187. The first-order chi connectivity index (χ1) is 7.99. The molecule has 0 spiro atoms. The van der Waals surface area contributed by atoms with Crippen molar-refractivity contribution in [3.05, 3.63) is 23.9 Å². The maximum atomic E-state index is 11.3. The van der Waals surface area contributed by atoms with Crippen LogP contribution in [0.4, 0.5) is 0 Å². The van der Waals surface area contributed by atoms with Gasteiger partial charge < -0.3 is 10.1 Å². The lowest BCUT2D eigenvalue weighted by atomic mass is 10.0. The van der Waals surface area contributed by atoms with Crippen LogP contribution in [0.1, 0.15) is 34.1 Å². The lowest BCUT2D eigenvalue weighted by molar-refractivity contribution is -0.137. The topological polar surface area (TPSA) is 55.4 Å². The van der Waals surface area contributed by atoms with Crippen molar-refractivity contribution in [3.63, 3.8) is 0 Å². The van der Waals surface area contributed by atoms with E-state index in [0.29, 0.717) is 18.7 Å². The zero-order valence-electron chi connectivity index (χ0n) is 10.9. The molecule has 1 atom stereocenters. The van der Waals surface area contributed by atoms with E-state index in [0.717, 1.165) is 0 Å². The van der Waals surface area contributed by atoms with Gasteiger partial charge in [0.25, 0.3) is 0 Å². The molecule has 1 N–H and O–H groups in total. The first-order valence-electron chi connectivity index (χ1n) is 5.77. The van der Waals surface area contributed by atoms with Crippen LogP contribution in [0.3, 0.4) is 0 Å². The monoisotopic (exact) mass is 239 g/mol. The van der Waals surface area contributed by atoms with Crippen molar-refractivity contribution in [2.45, 2.75) is 34.1 Å². The van der Waals surface area contributed by atoms with Gasteiger partial charge in [-0.2, -0.15) is 0 Å². The number of nitrogens with one attached hydrogen (secondary N) is 1. The Labute approximate surface area is 103 Å². The quantitative estimate of drug-likeness (QED) is 0.439. The third-order valence-electron chi connectivity index (χ3n) is 1.98. The summed E-state index contributed by atoms with van der Waals surface area (Å²) in [5, 5.41) is 2.65. The molecule has 0 unspecified atom stereocenters. The fourth-order valence-corrected chi connectivity index (χ4v) is 1.44. The summed E-state index contributed by atoms with van der Waals surface area (Å²) in [4.78, 5) is 22.3. The number of amides is 1. The van der Waals surface area contributed by atoms with E-state index in [2.05, 4.69) is 5.32 Å². The summed E-state index contributed by atoms with van der Waals surface area (Å²) in [6, 6.07) is 0. The van der Waals surface area contributed by atoms with Gasteiger partial charge in [0.1, 0.15) is 0 Å². The number of rotatable bonds is 6. The van der Waals surface area contributed by atoms with Gasteiger partial charge in [-0.05, 0) is 26.2 Å². The highest BCUT2D eigenvalue weighted by atomic mass is 16.5. The van der Waals surface area contributed by atoms with Gasteiger partial charge in [0.05, 0.1) is 6.61 Å². The molecule has 0 aliphatic carbocycles. The van der Waals surface area contributed by atoms with Crippen molar-refractivity contribution in [1.82, 2.24) is 5.32 Å². The summed E-state index contributed by atoms with van der Waals surface area (Å²) in [6.07, 6.45) is 5.90. The molecule has 0 rings (SSSR count). The standard InChI is InChI=1S/C13H21NO3/c1-5-7-10(3)8-12(14-11(4)15)9-13(16)17-6-2/h5,7,9-10H,6,8H2,1-4H3,(H,14,15)/t10-/m0/s1. The van der Waals surface area contributed by atoms with Crippen LogP contribution in [0.2, 0.25) is 0 Å². The molecule has 0 aromatic carbocycles. The first kappa shape index (κ1) is 15.4. The van der Waals surface area contributed by atoms with Crippen LogP contribution in [-0.2, 0) is 14.3 Å². The number of esters is 1. The maximum Gasteiger partial charge on any atom is 0.332 e. The largest absolute Gasteiger partial charge is 0.463 e. The minimum Gasteiger partial charge on any atom is -0.463 e. The van der Waals surface area contributed by atoms with Gasteiger partial charge in [-0.25, -0.2) is 4.79 Å². The van der Waals surface area contributed by atoms with E-state index in [1.54, 1.807) is 6.92 Å². The Hall–Kier alpha value is -1.58. The van der Waals surface area contributed by atoms with E-state index in [-0.39, 0.29) is 11.8 Å². The molecule has 0 saturated heterocycles. The van der Waals surface area contributed by atoms with Crippen LogP contribution in [0.5, 0.6) is 0 Å². The molecule has 0 bridgehead atoms. The molecule has 1 amide bonds. The van der Waals surface area contributed by atoms with Crippen molar-refractivity contribution in [1.29, 1.82) is 0 Å². The van der Waals surface area contributed by atoms with E-state index < -0.39 is 5.97 Å². The molecule has 0 fully saturated rings. The summed E-state index contributed by atoms with van der Waals surface area (Å²) >= 11 is 0. The lowest BCUT2D eigenvalue weighted by Gasteiger charge is -2.11. The second-order valence-corrected chi connectivity index (χ2v) is 3.81. The van der Waals surface area contributed by atoms with Crippen LogP contribution < -0.4 is 5.32 Å². The second kappa shape index (κ2) is 8.56. The van der Waals surface area contributed by atoms with Crippen LogP contribution in [-0.4, -0.2) is 18.5 Å². The molecule has 96 valence electrons. The molecular weight excluding hydrogens is 218 g/mol. The van der Waals surface area contributed by atoms with E-state index in [9.17, 15) is 9.59 Å². The zero-order valence-corrected chi connectivity index (χ0v) is 10.9. The predicted molar refractivity (Wildman–Crippen MR) is 67.1 cm³/mol. The van der Waals surface area contributed by atoms with E-state index >= 15 is 0 Å². The third-order valence-corrected chi connectivity index (χ3v) is 1.98. The molecule has 0 aromatic rings. The average molecular weight is 239 g/mol. The Morgan fingerprint density at radius 1 is 1.41 bits per heavy atom. The molecule has 0 heterocycles. The zero-order chi connectivity index (χ0) is 13.3. The van der Waals surface area contributed by atoms with Gasteiger partial charge >= 0.3 is 5.97 Å². The molecule has 0 saturated carbocycles. The molecule has 4 nitrogen and oxygen atoms in total. The van der Waals surface area contributed by atoms with Crippen molar-refractivity contribution < 1.29 is 14.3 Å². The fraction of sp³-hybridized carbons (Fsp3) is 0.538. The Morgan fingerprint density at radius 3 is 2.53 bits per heavy atom. The number of carbonyl (C=O) groups excluding carboxylic acids is 2. The van der Waals surface area contributed by atoms with Crippen LogP contribution in [0.25, 0.3) is 0 Å². The normalized spacial score (nSPS) is 13.5. The van der Waals surface area contributed by atoms with Gasteiger partial charge in [0.15, 0.2) is 0 Å². The number of hydrogen-bond acceptors (Lipinski definition) is 3. The van der Waals surface area contributed by atoms with Gasteiger partial charge in [-0.3, -0.25) is 4.79 Å². The average Bonchev–Trinajstić information content (AvgIpc) is 2.16. The summed E-state index contributed by atoms with van der Waals surface area (Å²) in [5.74, 6) is -0.357. The Bertz CT molecular complexity index is 319. The van der Waals surface area contributed by atoms with Gasteiger partial charge in [-0.1, -0.05) is 19.1 Å². The van der Waals surface area contributed by atoms with Crippen molar-refractivity contribution in [2.75, 3.05) is 6.61 Å². The summed E-state index contributed by atoms with van der Waals surface area (Å²) in [6.45, 7) is 7.43. The molecule has 0 aliphatic rings. The van der Waals surface area contributed by atoms with Gasteiger partial charge in [0.2, 0.25) is 5.91 Å². The highest BCUT2D eigenvalue weighted by Crippen LogP contribution is 2.10. The third kappa shape index (κ3) is 8.25. The SMILES string of the molecule is CC=C[C@H](C)CC(=CC(=O)OCC)NC(C)=O. The maximum absolute atomic E-state index is 11.3. The van der Waals surface area contributed by atoms with Gasteiger partial charge in [-0.15, -0.1) is 0 Å².